The molecule has 0 spiro atoms. The molecule has 0 bridgehead atoms. The van der Waals surface area contributed by atoms with Gasteiger partial charge in [0.25, 0.3) is 0 Å². The molecule has 8 atom stereocenters. The summed E-state index contributed by atoms with van der Waals surface area (Å²) >= 11 is 0. The van der Waals surface area contributed by atoms with E-state index in [1.54, 1.807) is 0 Å². The molecule has 1 aliphatic heterocycles. The molecule has 1 heterocycles. The second-order valence-corrected chi connectivity index (χ2v) is 7.18. The molecule has 1 saturated heterocycles. The van der Waals surface area contributed by atoms with Gasteiger partial charge in [-0.05, 0) is 20.3 Å². The van der Waals surface area contributed by atoms with Crippen molar-refractivity contribution in [2.75, 3.05) is 6.61 Å². The molecule has 0 aromatic rings. The number of aliphatic hydroxyl groups is 3. The molecular formula is C17H30N4O10. The molecule has 10 N–H and O–H groups in total. The molecule has 0 radical (unpaired) electrons. The van der Waals surface area contributed by atoms with E-state index in [4.69, 9.17) is 26.0 Å². The number of nitrogens with two attached hydrogens (primary N) is 2. The fourth-order valence-corrected chi connectivity index (χ4v) is 2.82. The van der Waals surface area contributed by atoms with Crippen molar-refractivity contribution < 1.29 is 49.1 Å². The van der Waals surface area contributed by atoms with Crippen molar-refractivity contribution in [3.05, 3.63) is 0 Å². The number of carbonyl (C=O) groups excluding carboxylic acids is 3. The van der Waals surface area contributed by atoms with Crippen LogP contribution >= 0.6 is 0 Å². The van der Waals surface area contributed by atoms with E-state index in [0.29, 0.717) is 0 Å². The third-order valence-corrected chi connectivity index (χ3v) is 4.71. The molecule has 3 unspecified atom stereocenters. The highest BCUT2D eigenvalue weighted by Crippen LogP contribution is 2.22. The zero-order valence-electron chi connectivity index (χ0n) is 17.1. The summed E-state index contributed by atoms with van der Waals surface area (Å²) in [5, 5.41) is 42.4. The van der Waals surface area contributed by atoms with Gasteiger partial charge in [0.15, 0.2) is 6.29 Å². The number of amides is 3. The van der Waals surface area contributed by atoms with Crippen LogP contribution < -0.4 is 22.1 Å². The van der Waals surface area contributed by atoms with Gasteiger partial charge in [-0.3, -0.25) is 19.2 Å². The van der Waals surface area contributed by atoms with Crippen LogP contribution in [0, 0.1) is 0 Å². The number of aliphatic carboxylic acids is 1. The first kappa shape index (κ1) is 26.7. The Hall–Kier alpha value is -2.36. The average molecular weight is 450 g/mol. The van der Waals surface area contributed by atoms with E-state index < -0.39 is 85.5 Å². The van der Waals surface area contributed by atoms with Crippen molar-refractivity contribution in [3.8, 4) is 0 Å². The van der Waals surface area contributed by atoms with Crippen molar-refractivity contribution >= 4 is 23.7 Å². The monoisotopic (exact) mass is 450 g/mol. The van der Waals surface area contributed by atoms with Gasteiger partial charge in [-0.25, -0.2) is 0 Å². The molecule has 3 amide bonds. The topological polar surface area (TPSA) is 244 Å². The highest BCUT2D eigenvalue weighted by molar-refractivity contribution is 5.92. The summed E-state index contributed by atoms with van der Waals surface area (Å²) in [7, 11) is 0. The Bertz CT molecular complexity index is 663. The van der Waals surface area contributed by atoms with E-state index in [1.165, 1.54) is 13.8 Å². The number of carboxylic acid groups (broad SMARTS) is 1. The molecule has 31 heavy (non-hydrogen) atoms. The third kappa shape index (κ3) is 7.68. The SMILES string of the molecule is CC(NC(=O)C(C)O[C@@H]1[C@@H](N)[C@H](O)O[C@H](CO)[C@H]1O)C(=O)NC(CCC(=O)O)C(N)=O. The number of hydrogen-bond donors (Lipinski definition) is 8. The molecule has 0 aromatic carbocycles. The standard InChI is InChI=1S/C17H30N4O10/c1-6(15(27)21-8(14(19)26)3-4-10(23)24)20-16(28)7(2)30-13-11(18)17(29)31-9(5-22)12(13)25/h6-9,11-13,17,22,25,29H,3-5,18H2,1-2H3,(H2,19,26)(H,20,28)(H,21,27)(H,23,24)/t6?,7?,8?,9-,11-,12-,13-,17-/m1/s1. The van der Waals surface area contributed by atoms with Gasteiger partial charge in [0.2, 0.25) is 17.7 Å². The summed E-state index contributed by atoms with van der Waals surface area (Å²) in [6, 6.07) is -3.59. The minimum Gasteiger partial charge on any atom is -0.481 e. The van der Waals surface area contributed by atoms with Crippen LogP contribution in [-0.2, 0) is 28.7 Å². The molecule has 178 valence electrons. The lowest BCUT2D eigenvalue weighted by Gasteiger charge is -2.41. The maximum absolute atomic E-state index is 12.4. The summed E-state index contributed by atoms with van der Waals surface area (Å²) in [5.74, 6) is -3.66. The fraction of sp³-hybridized carbons (Fsp3) is 0.765. The van der Waals surface area contributed by atoms with Crippen LogP contribution in [0.2, 0.25) is 0 Å². The van der Waals surface area contributed by atoms with Gasteiger partial charge in [0.05, 0.1) is 12.6 Å². The number of rotatable bonds is 11. The third-order valence-electron chi connectivity index (χ3n) is 4.71. The molecule has 0 saturated carbocycles. The number of primary amides is 1. The number of ether oxygens (including phenoxy) is 2. The molecule has 1 rings (SSSR count). The first-order valence-corrected chi connectivity index (χ1v) is 9.54. The van der Waals surface area contributed by atoms with E-state index in [0.717, 1.165) is 0 Å². The largest absolute Gasteiger partial charge is 0.481 e. The van der Waals surface area contributed by atoms with Crippen molar-refractivity contribution in [1.82, 2.24) is 10.6 Å². The van der Waals surface area contributed by atoms with Crippen molar-refractivity contribution in [3.63, 3.8) is 0 Å². The zero-order valence-corrected chi connectivity index (χ0v) is 17.1. The Kier molecular flexibility index (Phi) is 10.2. The van der Waals surface area contributed by atoms with Crippen LogP contribution in [0.15, 0.2) is 0 Å². The predicted octanol–water partition coefficient (Wildman–Crippen LogP) is -4.50. The Morgan fingerprint density at radius 2 is 1.74 bits per heavy atom. The Morgan fingerprint density at radius 3 is 2.26 bits per heavy atom. The van der Waals surface area contributed by atoms with E-state index in [2.05, 4.69) is 10.6 Å². The zero-order chi connectivity index (χ0) is 23.9. The molecule has 14 nitrogen and oxygen atoms in total. The lowest BCUT2D eigenvalue weighted by Crippen LogP contribution is -2.64. The highest BCUT2D eigenvalue weighted by Gasteiger charge is 2.44. The van der Waals surface area contributed by atoms with E-state index in [1.807, 2.05) is 0 Å². The molecule has 1 aliphatic rings. The predicted molar refractivity (Wildman–Crippen MR) is 102 cm³/mol. The molecule has 1 fully saturated rings. The molecular weight excluding hydrogens is 420 g/mol. The Morgan fingerprint density at radius 1 is 1.13 bits per heavy atom. The number of carboxylic acids is 1. The van der Waals surface area contributed by atoms with Crippen LogP contribution in [0.4, 0.5) is 0 Å². The minimum absolute atomic E-state index is 0.218. The van der Waals surface area contributed by atoms with Crippen LogP contribution in [-0.4, -0.2) is 99.6 Å². The number of aliphatic hydroxyl groups excluding tert-OH is 3. The lowest BCUT2D eigenvalue weighted by molar-refractivity contribution is -0.261. The highest BCUT2D eigenvalue weighted by atomic mass is 16.6. The summed E-state index contributed by atoms with van der Waals surface area (Å²) in [6.45, 7) is 2.01. The first-order valence-electron chi connectivity index (χ1n) is 9.54. The van der Waals surface area contributed by atoms with Gasteiger partial charge in [-0.1, -0.05) is 0 Å². The van der Waals surface area contributed by atoms with E-state index in [-0.39, 0.29) is 6.42 Å². The second-order valence-electron chi connectivity index (χ2n) is 7.18. The summed E-state index contributed by atoms with van der Waals surface area (Å²) < 4.78 is 10.4. The van der Waals surface area contributed by atoms with Gasteiger partial charge in [0, 0.05) is 6.42 Å². The Balaban J connectivity index is 2.66. The Labute approximate surface area is 177 Å². The van der Waals surface area contributed by atoms with E-state index >= 15 is 0 Å². The molecule has 0 aliphatic carbocycles. The maximum atomic E-state index is 12.4. The van der Waals surface area contributed by atoms with Crippen molar-refractivity contribution in [2.24, 2.45) is 11.5 Å². The normalized spacial score (nSPS) is 28.8. The smallest absolute Gasteiger partial charge is 0.303 e. The van der Waals surface area contributed by atoms with Gasteiger partial charge >= 0.3 is 5.97 Å². The number of nitrogens with one attached hydrogen (secondary N) is 2. The molecule has 0 aromatic heterocycles. The quantitative estimate of drug-likeness (QED) is 0.149. The van der Waals surface area contributed by atoms with E-state index in [9.17, 15) is 34.5 Å². The van der Waals surface area contributed by atoms with Crippen LogP contribution in [0.25, 0.3) is 0 Å². The van der Waals surface area contributed by atoms with Crippen LogP contribution in [0.5, 0.6) is 0 Å². The average Bonchev–Trinajstić information content (AvgIpc) is 2.69. The summed E-state index contributed by atoms with van der Waals surface area (Å²) in [6.07, 6.45) is -7.23. The van der Waals surface area contributed by atoms with Crippen LogP contribution in [0.1, 0.15) is 26.7 Å². The minimum atomic E-state index is -1.54. The van der Waals surface area contributed by atoms with Gasteiger partial charge < -0.3 is 52.0 Å². The van der Waals surface area contributed by atoms with Crippen molar-refractivity contribution in [2.45, 2.75) is 75.5 Å². The number of carbonyl (C=O) groups is 4. The summed E-state index contributed by atoms with van der Waals surface area (Å²) in [5.41, 5.74) is 10.9. The lowest BCUT2D eigenvalue weighted by atomic mass is 9.97. The van der Waals surface area contributed by atoms with Crippen molar-refractivity contribution in [1.29, 1.82) is 0 Å². The molecule has 14 heteroatoms. The second kappa shape index (κ2) is 11.9. The van der Waals surface area contributed by atoms with Crippen LogP contribution in [0.3, 0.4) is 0 Å². The fourth-order valence-electron chi connectivity index (χ4n) is 2.82. The summed E-state index contributed by atoms with van der Waals surface area (Å²) in [4.78, 5) is 46.6. The maximum Gasteiger partial charge on any atom is 0.303 e. The first-order chi connectivity index (χ1) is 14.4. The van der Waals surface area contributed by atoms with Gasteiger partial charge in [-0.2, -0.15) is 0 Å². The van der Waals surface area contributed by atoms with Gasteiger partial charge in [0.1, 0.15) is 36.5 Å². The number of hydrogen-bond acceptors (Lipinski definition) is 10. The van der Waals surface area contributed by atoms with Gasteiger partial charge in [-0.15, -0.1) is 0 Å².